The number of amides is 3. The van der Waals surface area contributed by atoms with Gasteiger partial charge in [0, 0.05) is 54.6 Å². The summed E-state index contributed by atoms with van der Waals surface area (Å²) in [7, 11) is 0. The van der Waals surface area contributed by atoms with Crippen LogP contribution >= 0.6 is 11.6 Å². The number of fused-ring (bicyclic) bond motifs is 1. The van der Waals surface area contributed by atoms with Crippen molar-refractivity contribution in [1.82, 2.24) is 9.47 Å². The van der Waals surface area contributed by atoms with E-state index < -0.39 is 5.97 Å². The topological polar surface area (TPSA) is 155 Å². The number of carbonyl (C=O) groups is 4. The first kappa shape index (κ1) is 33.4. The second kappa shape index (κ2) is 15.9. The molecule has 1 fully saturated rings. The van der Waals surface area contributed by atoms with Crippen molar-refractivity contribution in [2.24, 2.45) is 5.73 Å². The summed E-state index contributed by atoms with van der Waals surface area (Å²) in [5.74, 6) is -1.15. The summed E-state index contributed by atoms with van der Waals surface area (Å²) in [5, 5.41) is 20.0. The molecule has 0 spiro atoms. The SMILES string of the molecule is CC(=O)N(CCCCCCCC(=O)O)c1c(C)n(C(=O)c2ccc(Cl)cc2)c2ccc(O)cc12.NC(=O)N1CCOCC1. The van der Waals surface area contributed by atoms with Gasteiger partial charge in [-0.1, -0.05) is 30.9 Å². The number of carboxylic acids is 1. The summed E-state index contributed by atoms with van der Waals surface area (Å²) >= 11 is 5.97. The van der Waals surface area contributed by atoms with Gasteiger partial charge in [-0.15, -0.1) is 0 Å². The van der Waals surface area contributed by atoms with Crippen LogP contribution in [-0.4, -0.2) is 76.3 Å². The molecular weight excluding hydrogens is 576 g/mol. The molecule has 4 rings (SSSR count). The monoisotopic (exact) mass is 614 g/mol. The normalized spacial score (nSPS) is 12.9. The third-order valence-corrected chi connectivity index (χ3v) is 7.45. The lowest BCUT2D eigenvalue weighted by atomic mass is 10.1. The summed E-state index contributed by atoms with van der Waals surface area (Å²) < 4.78 is 6.57. The van der Waals surface area contributed by atoms with E-state index in [1.807, 2.05) is 0 Å². The Morgan fingerprint density at radius 3 is 2.19 bits per heavy atom. The first-order valence-electron chi connectivity index (χ1n) is 14.3. The Labute approximate surface area is 255 Å². The lowest BCUT2D eigenvalue weighted by molar-refractivity contribution is -0.137. The number of aromatic nitrogens is 1. The number of hydrogen-bond acceptors (Lipinski definition) is 6. The molecular formula is C31H39ClN4O7. The predicted octanol–water partition coefficient (Wildman–Crippen LogP) is 5.17. The summed E-state index contributed by atoms with van der Waals surface area (Å²) in [6, 6.07) is 11.0. The van der Waals surface area contributed by atoms with Crippen LogP contribution in [-0.2, 0) is 14.3 Å². The Morgan fingerprint density at radius 1 is 0.977 bits per heavy atom. The standard InChI is InChI=1S/C26H29ClN2O5.C5H10N2O2/c1-17-25(28(18(2)30)15-7-5-3-4-6-8-24(32)33)22-16-21(31)13-14-23(22)29(17)26(34)19-9-11-20(27)12-10-19;6-5(8)7-1-3-9-4-2-7/h9-14,16,31H,3-8,15H2,1-2H3,(H,32,33);1-4H2,(H2,6,8). The third kappa shape index (κ3) is 9.20. The predicted molar refractivity (Wildman–Crippen MR) is 165 cm³/mol. The Hall–Kier alpha value is -4.09. The Kier molecular flexibility index (Phi) is 12.4. The Bertz CT molecular complexity index is 1430. The van der Waals surface area contributed by atoms with Crippen molar-refractivity contribution in [3.05, 3.63) is 58.7 Å². The maximum atomic E-state index is 13.4. The van der Waals surface area contributed by atoms with E-state index in [0.717, 1.165) is 25.7 Å². The average molecular weight is 615 g/mol. The molecule has 1 saturated heterocycles. The van der Waals surface area contributed by atoms with Crippen molar-refractivity contribution in [3.8, 4) is 5.75 Å². The molecule has 0 bridgehead atoms. The number of phenolic OH excluding ortho intramolecular Hbond substituents is 1. The molecule has 1 aliphatic heterocycles. The minimum Gasteiger partial charge on any atom is -0.508 e. The molecule has 2 aromatic carbocycles. The van der Waals surface area contributed by atoms with Crippen molar-refractivity contribution in [2.45, 2.75) is 52.4 Å². The highest BCUT2D eigenvalue weighted by atomic mass is 35.5. The van der Waals surface area contributed by atoms with Crippen LogP contribution in [0, 0.1) is 6.92 Å². The van der Waals surface area contributed by atoms with Crippen LogP contribution in [0.15, 0.2) is 42.5 Å². The molecule has 43 heavy (non-hydrogen) atoms. The summed E-state index contributed by atoms with van der Waals surface area (Å²) in [6.45, 7) is 6.23. The lowest BCUT2D eigenvalue weighted by Crippen LogP contribution is -2.43. The van der Waals surface area contributed by atoms with Crippen LogP contribution in [0.5, 0.6) is 5.75 Å². The van der Waals surface area contributed by atoms with E-state index in [0.29, 0.717) is 72.1 Å². The number of hydrogen-bond donors (Lipinski definition) is 3. The first-order valence-corrected chi connectivity index (χ1v) is 14.6. The highest BCUT2D eigenvalue weighted by Crippen LogP contribution is 2.37. The van der Waals surface area contributed by atoms with Crippen LogP contribution in [0.3, 0.4) is 0 Å². The van der Waals surface area contributed by atoms with Gasteiger partial charge in [-0.25, -0.2) is 4.79 Å². The summed E-state index contributed by atoms with van der Waals surface area (Å²) in [4.78, 5) is 50.4. The number of carbonyl (C=O) groups excluding carboxylic acids is 3. The lowest BCUT2D eigenvalue weighted by Gasteiger charge is -2.24. The van der Waals surface area contributed by atoms with Gasteiger partial charge in [-0.3, -0.25) is 19.0 Å². The van der Waals surface area contributed by atoms with Gasteiger partial charge in [-0.05, 0) is 62.2 Å². The van der Waals surface area contributed by atoms with E-state index in [9.17, 15) is 24.3 Å². The first-order chi connectivity index (χ1) is 20.5. The number of phenols is 1. The number of anilines is 1. The third-order valence-electron chi connectivity index (χ3n) is 7.19. The Balaban J connectivity index is 0.000000480. The van der Waals surface area contributed by atoms with Crippen molar-refractivity contribution >= 4 is 52.0 Å². The maximum absolute atomic E-state index is 13.4. The molecule has 0 radical (unpaired) electrons. The largest absolute Gasteiger partial charge is 0.508 e. The van der Waals surface area contributed by atoms with Crippen LogP contribution in [0.2, 0.25) is 5.02 Å². The fourth-order valence-electron chi connectivity index (χ4n) is 5.00. The fourth-order valence-corrected chi connectivity index (χ4v) is 5.13. The van der Waals surface area contributed by atoms with E-state index in [-0.39, 0.29) is 30.0 Å². The Morgan fingerprint density at radius 2 is 1.60 bits per heavy atom. The number of urea groups is 1. The van der Waals surface area contributed by atoms with E-state index in [1.165, 1.54) is 13.0 Å². The van der Waals surface area contributed by atoms with E-state index in [2.05, 4.69) is 0 Å². The number of halogens is 1. The number of aliphatic carboxylic acids is 1. The van der Waals surface area contributed by atoms with Gasteiger partial charge in [0.05, 0.1) is 24.4 Å². The number of primary amides is 1. The van der Waals surface area contributed by atoms with Crippen LogP contribution in [0.25, 0.3) is 10.9 Å². The van der Waals surface area contributed by atoms with E-state index in [4.69, 9.17) is 27.2 Å². The molecule has 232 valence electrons. The van der Waals surface area contributed by atoms with E-state index >= 15 is 0 Å². The zero-order valence-electron chi connectivity index (χ0n) is 24.6. The van der Waals surface area contributed by atoms with Gasteiger partial charge in [0.1, 0.15) is 5.75 Å². The highest BCUT2D eigenvalue weighted by molar-refractivity contribution is 6.30. The second-order valence-corrected chi connectivity index (χ2v) is 10.7. The zero-order valence-corrected chi connectivity index (χ0v) is 25.3. The zero-order chi connectivity index (χ0) is 31.5. The van der Waals surface area contributed by atoms with Gasteiger partial charge in [-0.2, -0.15) is 0 Å². The van der Waals surface area contributed by atoms with Gasteiger partial charge in [0.25, 0.3) is 5.91 Å². The number of benzene rings is 2. The van der Waals surface area contributed by atoms with Gasteiger partial charge >= 0.3 is 12.0 Å². The summed E-state index contributed by atoms with van der Waals surface area (Å²) in [6.07, 6.45) is 4.12. The summed E-state index contributed by atoms with van der Waals surface area (Å²) in [5.41, 5.74) is 7.27. The number of ether oxygens (including phenoxy) is 1. The number of nitrogens with zero attached hydrogens (tertiary/aromatic N) is 3. The van der Waals surface area contributed by atoms with Crippen LogP contribution in [0.4, 0.5) is 10.5 Å². The number of nitrogens with two attached hydrogens (primary N) is 1. The molecule has 0 saturated carbocycles. The molecule has 3 aromatic rings. The number of carboxylic acid groups (broad SMARTS) is 1. The van der Waals surface area contributed by atoms with Gasteiger partial charge in [0.15, 0.2) is 0 Å². The average Bonchev–Trinajstić information content (AvgIpc) is 3.25. The van der Waals surface area contributed by atoms with E-state index in [1.54, 1.807) is 57.7 Å². The highest BCUT2D eigenvalue weighted by Gasteiger charge is 2.25. The van der Waals surface area contributed by atoms with Crippen LogP contribution < -0.4 is 10.6 Å². The van der Waals surface area contributed by atoms with Gasteiger partial charge in [0.2, 0.25) is 5.91 Å². The number of morpholine rings is 1. The number of unbranched alkanes of at least 4 members (excludes halogenated alkanes) is 4. The molecule has 1 aromatic heterocycles. The molecule has 1 aliphatic rings. The maximum Gasteiger partial charge on any atom is 0.314 e. The smallest absolute Gasteiger partial charge is 0.314 e. The molecule has 0 aliphatic carbocycles. The quantitative estimate of drug-likeness (QED) is 0.266. The fraction of sp³-hybridized carbons (Fsp3) is 0.419. The molecule has 3 amide bonds. The minimum atomic E-state index is -0.786. The molecule has 12 heteroatoms. The molecule has 2 heterocycles. The van der Waals surface area contributed by atoms with Crippen molar-refractivity contribution < 1.29 is 34.1 Å². The molecule has 0 atom stereocenters. The molecule has 11 nitrogen and oxygen atoms in total. The molecule has 0 unspecified atom stereocenters. The van der Waals surface area contributed by atoms with Crippen LogP contribution in [0.1, 0.15) is 61.5 Å². The van der Waals surface area contributed by atoms with Crippen molar-refractivity contribution in [1.29, 1.82) is 0 Å². The van der Waals surface area contributed by atoms with Crippen molar-refractivity contribution in [3.63, 3.8) is 0 Å². The van der Waals surface area contributed by atoms with Gasteiger partial charge < -0.3 is 30.5 Å². The number of rotatable bonds is 10. The minimum absolute atomic E-state index is 0.0479. The van der Waals surface area contributed by atoms with Crippen molar-refractivity contribution in [2.75, 3.05) is 37.7 Å². The molecule has 4 N–H and O–H groups in total. The number of aromatic hydroxyl groups is 1. The second-order valence-electron chi connectivity index (χ2n) is 10.3.